The molecule has 3 N–H and O–H groups in total. The molecular formula is C18H12Br3LaN3O9. The summed E-state index contributed by atoms with van der Waals surface area (Å²) in [7, 11) is 0. The van der Waals surface area contributed by atoms with E-state index in [1.807, 2.05) is 0 Å². The minimum absolute atomic E-state index is 0. The Morgan fingerprint density at radius 3 is 0.853 bits per heavy atom. The maximum absolute atomic E-state index is 10.2. The molecule has 0 amide bonds. The van der Waals surface area contributed by atoms with Crippen molar-refractivity contribution in [1.29, 1.82) is 0 Å². The summed E-state index contributed by atoms with van der Waals surface area (Å²) in [5, 5.41) is 57.3. The van der Waals surface area contributed by atoms with E-state index in [0.29, 0.717) is 13.4 Å². The first kappa shape index (κ1) is 31.9. The molecule has 0 heterocycles. The number of non-ortho nitro benzene ring substituents is 3. The minimum Gasteiger partial charge on any atom is -0.508 e. The molecule has 0 saturated carbocycles. The molecule has 1 radical (unpaired) electrons. The largest absolute Gasteiger partial charge is 0.508 e. The Kier molecular flexibility index (Phi) is 14.1. The molecule has 0 aliphatic carbocycles. The van der Waals surface area contributed by atoms with Gasteiger partial charge in [0.05, 0.1) is 33.0 Å². The van der Waals surface area contributed by atoms with E-state index < -0.39 is 14.8 Å². The Morgan fingerprint density at radius 1 is 0.500 bits per heavy atom. The van der Waals surface area contributed by atoms with E-state index in [4.69, 9.17) is 15.3 Å². The Labute approximate surface area is 244 Å². The molecule has 0 fully saturated rings. The van der Waals surface area contributed by atoms with Crippen LogP contribution in [0.3, 0.4) is 0 Å². The van der Waals surface area contributed by atoms with Crippen molar-refractivity contribution in [3.8, 4) is 17.2 Å². The zero-order chi connectivity index (χ0) is 25.3. The second kappa shape index (κ2) is 15.0. The molecule has 0 aliphatic rings. The van der Waals surface area contributed by atoms with Gasteiger partial charge < -0.3 is 15.3 Å². The van der Waals surface area contributed by atoms with Crippen LogP contribution in [0.2, 0.25) is 0 Å². The molecule has 16 heteroatoms. The van der Waals surface area contributed by atoms with Crippen molar-refractivity contribution in [1.82, 2.24) is 0 Å². The Morgan fingerprint density at radius 2 is 0.706 bits per heavy atom. The second-order valence-corrected chi connectivity index (χ2v) is 8.52. The number of phenols is 3. The molecule has 0 aliphatic heterocycles. The normalized spacial score (nSPS) is 9.26. The molecule has 0 saturated heterocycles. The first-order valence-corrected chi connectivity index (χ1v) is 10.6. The van der Waals surface area contributed by atoms with Crippen LogP contribution in [0.5, 0.6) is 17.2 Å². The van der Waals surface area contributed by atoms with Gasteiger partial charge in [-0.15, -0.1) is 0 Å². The summed E-state index contributed by atoms with van der Waals surface area (Å²) in [5.74, 6) is -0.358. The topological polar surface area (TPSA) is 190 Å². The van der Waals surface area contributed by atoms with Crippen molar-refractivity contribution in [3.05, 3.63) is 98.4 Å². The summed E-state index contributed by atoms with van der Waals surface area (Å²) in [5.41, 5.74) is -0.384. The molecular weight excluding hydrogens is 781 g/mol. The first-order valence-electron chi connectivity index (χ1n) is 8.20. The van der Waals surface area contributed by atoms with Crippen LogP contribution in [0.1, 0.15) is 0 Å². The van der Waals surface area contributed by atoms with Crippen molar-refractivity contribution in [2.75, 3.05) is 0 Å². The average Bonchev–Trinajstić information content (AvgIpc) is 2.66. The molecule has 0 spiro atoms. The Hall–Kier alpha value is -2.11. The predicted octanol–water partition coefficient (Wildman–Crippen LogP) is 6.19. The number of hydrogen-bond donors (Lipinski definition) is 3. The van der Waals surface area contributed by atoms with Crippen LogP contribution in [0.25, 0.3) is 0 Å². The number of nitrogens with zero attached hydrogens (tertiary/aromatic N) is 3. The van der Waals surface area contributed by atoms with E-state index in [9.17, 15) is 30.3 Å². The summed E-state index contributed by atoms with van der Waals surface area (Å²) < 4.78 is 1.47. The van der Waals surface area contributed by atoms with Crippen molar-refractivity contribution in [2.45, 2.75) is 0 Å². The number of rotatable bonds is 3. The van der Waals surface area contributed by atoms with Gasteiger partial charge in [0.25, 0.3) is 17.1 Å². The van der Waals surface area contributed by atoms with Gasteiger partial charge in [-0.2, -0.15) is 0 Å². The van der Waals surface area contributed by atoms with E-state index in [0.717, 1.165) is 18.2 Å². The molecule has 0 bridgehead atoms. The molecule has 3 aromatic carbocycles. The first-order chi connectivity index (χ1) is 15.3. The smallest absolute Gasteiger partial charge is 0.274 e. The SMILES string of the molecule is O=[N+]([O-])c1cc(O)cc(Br)c1.O=[N+]([O-])c1cc(O)cc(Br)c1.O=[N+]([O-])c1cc(O)cc(Br)c1.[La]. The second-order valence-electron chi connectivity index (χ2n) is 5.77. The van der Waals surface area contributed by atoms with Crippen LogP contribution in [-0.2, 0) is 0 Å². The van der Waals surface area contributed by atoms with Gasteiger partial charge in [0, 0.05) is 67.2 Å². The van der Waals surface area contributed by atoms with E-state index in [-0.39, 0.29) is 69.9 Å². The van der Waals surface area contributed by atoms with Gasteiger partial charge in [0.15, 0.2) is 0 Å². The summed E-state index contributed by atoms with van der Waals surface area (Å²) in [6.45, 7) is 0. The standard InChI is InChI=1S/3C6H4BrNO3.La/c3*7-4-1-5(8(10)11)3-6(9)2-4;/h3*1-3,9H;. The van der Waals surface area contributed by atoms with Crippen molar-refractivity contribution < 1.29 is 65.7 Å². The van der Waals surface area contributed by atoms with Crippen LogP contribution in [0.15, 0.2) is 68.0 Å². The molecule has 0 aromatic heterocycles. The van der Waals surface area contributed by atoms with Gasteiger partial charge in [0.1, 0.15) is 17.2 Å². The van der Waals surface area contributed by atoms with Crippen molar-refractivity contribution >= 4 is 64.9 Å². The van der Waals surface area contributed by atoms with Gasteiger partial charge in [-0.25, -0.2) is 0 Å². The van der Waals surface area contributed by atoms with E-state index in [1.165, 1.54) is 36.4 Å². The van der Waals surface area contributed by atoms with E-state index in [1.54, 1.807) is 0 Å². The van der Waals surface area contributed by atoms with Gasteiger partial charge in [-0.05, 0) is 18.2 Å². The molecule has 3 rings (SSSR count). The van der Waals surface area contributed by atoms with Crippen LogP contribution in [0, 0.1) is 65.9 Å². The molecule has 34 heavy (non-hydrogen) atoms. The summed E-state index contributed by atoms with van der Waals surface area (Å²) in [6, 6.07) is 11.4. The van der Waals surface area contributed by atoms with Crippen LogP contribution >= 0.6 is 47.8 Å². The number of halogens is 3. The average molecular weight is 793 g/mol. The zero-order valence-corrected chi connectivity index (χ0v) is 24.9. The van der Waals surface area contributed by atoms with E-state index in [2.05, 4.69) is 47.8 Å². The molecule has 177 valence electrons. The number of nitro benzene ring substituents is 3. The van der Waals surface area contributed by atoms with Gasteiger partial charge >= 0.3 is 0 Å². The number of benzene rings is 3. The van der Waals surface area contributed by atoms with Gasteiger partial charge in [-0.1, -0.05) is 47.8 Å². The third kappa shape index (κ3) is 11.8. The fourth-order valence-electron chi connectivity index (χ4n) is 1.99. The third-order valence-electron chi connectivity index (χ3n) is 3.23. The quantitative estimate of drug-likeness (QED) is 0.205. The number of phenolic OH excluding ortho intramolecular Hbond substituents is 3. The predicted molar refractivity (Wildman–Crippen MR) is 127 cm³/mol. The minimum atomic E-state index is -0.565. The Bertz CT molecular complexity index is 992. The fraction of sp³-hybridized carbons (Fsp3) is 0. The Balaban J connectivity index is 0.000000473. The maximum atomic E-state index is 10.2. The third-order valence-corrected chi connectivity index (χ3v) is 4.61. The molecule has 0 unspecified atom stereocenters. The van der Waals surface area contributed by atoms with Crippen LogP contribution in [0.4, 0.5) is 17.1 Å². The van der Waals surface area contributed by atoms with Crippen LogP contribution in [-0.4, -0.2) is 30.1 Å². The summed E-state index contributed by atoms with van der Waals surface area (Å²) >= 11 is 9.05. The zero-order valence-electron chi connectivity index (χ0n) is 16.5. The monoisotopic (exact) mass is 790 g/mol. The van der Waals surface area contributed by atoms with Gasteiger partial charge in [0.2, 0.25) is 0 Å². The van der Waals surface area contributed by atoms with Crippen molar-refractivity contribution in [2.24, 2.45) is 0 Å². The van der Waals surface area contributed by atoms with Gasteiger partial charge in [-0.3, -0.25) is 30.3 Å². The van der Waals surface area contributed by atoms with Crippen LogP contribution < -0.4 is 0 Å². The summed E-state index contributed by atoms with van der Waals surface area (Å²) in [4.78, 5) is 28.8. The number of hydrogen-bond acceptors (Lipinski definition) is 9. The number of aromatic hydroxyl groups is 3. The fourth-order valence-corrected chi connectivity index (χ4v) is 3.40. The molecule has 3 aromatic rings. The number of nitro groups is 3. The summed E-state index contributed by atoms with van der Waals surface area (Å²) in [6.07, 6.45) is 0. The molecule has 0 atom stereocenters. The molecule has 12 nitrogen and oxygen atoms in total. The van der Waals surface area contributed by atoms with Crippen molar-refractivity contribution in [3.63, 3.8) is 0 Å². The maximum Gasteiger partial charge on any atom is 0.274 e. The van der Waals surface area contributed by atoms with E-state index >= 15 is 0 Å².